The van der Waals surface area contributed by atoms with E-state index in [1.807, 2.05) is 20.0 Å². The van der Waals surface area contributed by atoms with Crippen LogP contribution in [0.1, 0.15) is 68.6 Å². The van der Waals surface area contributed by atoms with Gasteiger partial charge in [-0.3, -0.25) is 14.4 Å². The van der Waals surface area contributed by atoms with Gasteiger partial charge in [-0.05, 0) is 69.4 Å². The minimum absolute atomic E-state index is 0.180. The molecule has 4 rings (SSSR count). The summed E-state index contributed by atoms with van der Waals surface area (Å²) < 4.78 is 1.76. The summed E-state index contributed by atoms with van der Waals surface area (Å²) in [6.07, 6.45) is 7.93. The average Bonchev–Trinajstić information content (AvgIpc) is 2.98. The third kappa shape index (κ3) is 3.67. The molecule has 3 saturated heterocycles. The van der Waals surface area contributed by atoms with Crippen LogP contribution in [0.2, 0.25) is 0 Å². The summed E-state index contributed by atoms with van der Waals surface area (Å²) in [5.74, 6) is 2.22. The highest BCUT2D eigenvalue weighted by Gasteiger charge is 2.47. The molecular weight excluding hydrogens is 336 g/mol. The minimum atomic E-state index is 0.180. The smallest absolute Gasteiger partial charge is 0.272 e. The predicted octanol–water partition coefficient (Wildman–Crippen LogP) is 3.48. The molecule has 0 radical (unpaired) electrons. The summed E-state index contributed by atoms with van der Waals surface area (Å²) in [5, 5.41) is 4.39. The Morgan fingerprint density at radius 2 is 2.04 bits per heavy atom. The lowest BCUT2D eigenvalue weighted by Crippen LogP contribution is -2.64. The zero-order valence-corrected chi connectivity index (χ0v) is 17.5. The highest BCUT2D eigenvalue weighted by molar-refractivity contribution is 5.92. The second kappa shape index (κ2) is 7.57. The topological polar surface area (TPSA) is 41.4 Å². The van der Waals surface area contributed by atoms with Crippen molar-refractivity contribution < 1.29 is 4.79 Å². The fraction of sp³-hybridized carbons (Fsp3) is 0.818. The lowest BCUT2D eigenvalue weighted by molar-refractivity contribution is -0.0683. The molecule has 5 nitrogen and oxygen atoms in total. The number of rotatable bonds is 4. The van der Waals surface area contributed by atoms with Crippen molar-refractivity contribution in [1.82, 2.24) is 19.6 Å². The average molecular weight is 373 g/mol. The molecule has 3 fully saturated rings. The Kier molecular flexibility index (Phi) is 5.32. The van der Waals surface area contributed by atoms with Gasteiger partial charge < -0.3 is 4.90 Å². The van der Waals surface area contributed by atoms with Crippen molar-refractivity contribution in [2.75, 3.05) is 19.6 Å². The van der Waals surface area contributed by atoms with E-state index in [2.05, 4.69) is 28.7 Å². The van der Waals surface area contributed by atoms with Gasteiger partial charge in [-0.25, -0.2) is 0 Å². The molecular formula is C22H36N4O. The fourth-order valence-corrected chi connectivity index (χ4v) is 5.95. The first-order valence-corrected chi connectivity index (χ1v) is 11.0. The van der Waals surface area contributed by atoms with Gasteiger partial charge in [0.05, 0.1) is 5.69 Å². The van der Waals surface area contributed by atoms with Crippen LogP contribution in [0.5, 0.6) is 0 Å². The molecule has 0 saturated carbocycles. The van der Waals surface area contributed by atoms with E-state index in [9.17, 15) is 4.79 Å². The largest absolute Gasteiger partial charge is 0.337 e. The van der Waals surface area contributed by atoms with Crippen molar-refractivity contribution >= 4 is 5.91 Å². The summed E-state index contributed by atoms with van der Waals surface area (Å²) in [5.41, 5.74) is 1.66. The number of nitrogens with zero attached hydrogens (tertiary/aromatic N) is 4. The molecule has 0 aromatic carbocycles. The molecule has 150 valence electrons. The number of amides is 1. The number of hydrogen-bond donors (Lipinski definition) is 0. The third-order valence-electron chi connectivity index (χ3n) is 7.17. The first kappa shape index (κ1) is 19.0. The van der Waals surface area contributed by atoms with Gasteiger partial charge in [-0.2, -0.15) is 5.10 Å². The molecule has 3 aliphatic rings. The Hall–Kier alpha value is -1.36. The predicted molar refractivity (Wildman–Crippen MR) is 108 cm³/mol. The number of piperidine rings is 3. The van der Waals surface area contributed by atoms with Crippen molar-refractivity contribution in [2.45, 2.75) is 71.4 Å². The van der Waals surface area contributed by atoms with Gasteiger partial charge in [-0.1, -0.05) is 20.3 Å². The first-order valence-electron chi connectivity index (χ1n) is 11.0. The van der Waals surface area contributed by atoms with Gasteiger partial charge in [0.15, 0.2) is 0 Å². The lowest BCUT2D eigenvalue weighted by atomic mass is 9.71. The van der Waals surface area contributed by atoms with Crippen molar-refractivity contribution in [1.29, 1.82) is 0 Å². The monoisotopic (exact) mass is 372 g/mol. The maximum atomic E-state index is 13.2. The van der Waals surface area contributed by atoms with Gasteiger partial charge >= 0.3 is 0 Å². The highest BCUT2D eigenvalue weighted by Crippen LogP contribution is 2.43. The zero-order chi connectivity index (χ0) is 19.1. The van der Waals surface area contributed by atoms with Crippen LogP contribution < -0.4 is 0 Å². The number of aromatic nitrogens is 2. The van der Waals surface area contributed by atoms with Crippen LogP contribution in [-0.4, -0.2) is 57.2 Å². The molecule has 1 aromatic rings. The third-order valence-corrected chi connectivity index (χ3v) is 7.17. The van der Waals surface area contributed by atoms with Crippen LogP contribution in [0.4, 0.5) is 0 Å². The van der Waals surface area contributed by atoms with Crippen LogP contribution in [0.15, 0.2) is 6.07 Å². The Balaban J connectivity index is 1.55. The van der Waals surface area contributed by atoms with Gasteiger partial charge in [0.2, 0.25) is 0 Å². The number of fused-ring (bicyclic) bond motifs is 4. The van der Waals surface area contributed by atoms with E-state index < -0.39 is 0 Å². The maximum Gasteiger partial charge on any atom is 0.272 e. The number of aryl methyl sites for hydroxylation is 2. The molecule has 0 aliphatic carbocycles. The highest BCUT2D eigenvalue weighted by atomic mass is 16.2. The SMILES string of the molecule is Cc1cc(C(=O)N2C[C@H]3C[C@@H](C2)[C@H](CCC(C)C)N2CCCC[C@@H]32)n(C)n1. The molecule has 0 spiro atoms. The van der Waals surface area contributed by atoms with E-state index >= 15 is 0 Å². The van der Waals surface area contributed by atoms with Gasteiger partial charge in [0, 0.05) is 32.2 Å². The second-order valence-electron chi connectivity index (χ2n) is 9.60. The summed E-state index contributed by atoms with van der Waals surface area (Å²) in [6.45, 7) is 9.75. The Bertz CT molecular complexity index is 682. The first-order chi connectivity index (χ1) is 12.9. The van der Waals surface area contributed by atoms with Crippen LogP contribution in [-0.2, 0) is 7.05 Å². The standard InChI is InChI=1S/C22H36N4O/c1-15(2)8-9-20-18-12-17(19-7-5-6-10-26(19)20)13-25(14-18)22(27)21-11-16(3)23-24(21)4/h11,15,17-20H,5-10,12-14H2,1-4H3/t17-,18+,19+,20+/m1/s1. The van der Waals surface area contributed by atoms with Gasteiger partial charge in [0.1, 0.15) is 5.69 Å². The van der Waals surface area contributed by atoms with Crippen molar-refractivity contribution in [3.8, 4) is 0 Å². The van der Waals surface area contributed by atoms with Crippen molar-refractivity contribution in [3.63, 3.8) is 0 Å². The zero-order valence-electron chi connectivity index (χ0n) is 17.5. The van der Waals surface area contributed by atoms with Gasteiger partial charge in [-0.15, -0.1) is 0 Å². The normalized spacial score (nSPS) is 31.2. The molecule has 0 N–H and O–H groups in total. The van der Waals surface area contributed by atoms with Crippen molar-refractivity contribution in [3.05, 3.63) is 17.5 Å². The Morgan fingerprint density at radius 1 is 1.26 bits per heavy atom. The maximum absolute atomic E-state index is 13.2. The molecule has 4 heterocycles. The number of carbonyl (C=O) groups is 1. The van der Waals surface area contributed by atoms with Crippen LogP contribution in [0.3, 0.4) is 0 Å². The van der Waals surface area contributed by atoms with Crippen LogP contribution in [0, 0.1) is 24.7 Å². The summed E-state index contributed by atoms with van der Waals surface area (Å²) in [4.78, 5) is 18.3. The van der Waals surface area contributed by atoms with Crippen LogP contribution in [0.25, 0.3) is 0 Å². The minimum Gasteiger partial charge on any atom is -0.337 e. The van der Waals surface area contributed by atoms with E-state index in [0.717, 1.165) is 30.4 Å². The van der Waals surface area contributed by atoms with E-state index in [-0.39, 0.29) is 5.91 Å². The molecule has 4 atom stereocenters. The second-order valence-corrected chi connectivity index (χ2v) is 9.60. The quantitative estimate of drug-likeness (QED) is 0.812. The summed E-state index contributed by atoms with van der Waals surface area (Å²) in [6, 6.07) is 3.30. The number of carbonyl (C=O) groups excluding carboxylic acids is 1. The van der Waals surface area contributed by atoms with E-state index in [0.29, 0.717) is 23.9 Å². The number of hydrogen-bond acceptors (Lipinski definition) is 3. The van der Waals surface area contributed by atoms with E-state index in [4.69, 9.17) is 0 Å². The Labute approximate surface area is 164 Å². The van der Waals surface area contributed by atoms with Crippen molar-refractivity contribution in [2.24, 2.45) is 24.8 Å². The molecule has 2 bridgehead atoms. The van der Waals surface area contributed by atoms with Gasteiger partial charge in [0.25, 0.3) is 5.91 Å². The molecule has 27 heavy (non-hydrogen) atoms. The Morgan fingerprint density at radius 3 is 2.74 bits per heavy atom. The summed E-state index contributed by atoms with van der Waals surface area (Å²) >= 11 is 0. The molecule has 5 heteroatoms. The lowest BCUT2D eigenvalue weighted by Gasteiger charge is -2.57. The van der Waals surface area contributed by atoms with Crippen LogP contribution >= 0.6 is 0 Å². The summed E-state index contributed by atoms with van der Waals surface area (Å²) in [7, 11) is 1.89. The molecule has 1 aromatic heterocycles. The molecule has 1 amide bonds. The fourth-order valence-electron chi connectivity index (χ4n) is 5.95. The molecule has 0 unspecified atom stereocenters. The van der Waals surface area contributed by atoms with E-state index in [1.54, 1.807) is 4.68 Å². The van der Waals surface area contributed by atoms with E-state index in [1.165, 1.54) is 45.1 Å². The molecule has 3 aliphatic heterocycles. The number of likely N-dealkylation sites (tertiary alicyclic amines) is 1.